The number of halogens is 2. The summed E-state index contributed by atoms with van der Waals surface area (Å²) in [5.74, 6) is 0. The van der Waals surface area contributed by atoms with E-state index in [-0.39, 0.29) is 31.0 Å². The topological polar surface area (TPSA) is 17.1 Å². The molecule has 26 valence electrons. The number of hydrogen-bond donors (Lipinski definition) is 0. The summed E-state index contributed by atoms with van der Waals surface area (Å²) < 4.78 is 19.4. The molecule has 0 saturated heterocycles. The standard InChI is InChI=1S/CF2O.Na.H/c2-1(3)4;;/q;+1;-1. The predicted octanol–water partition coefficient (Wildman–Crippen LogP) is -1.84. The normalized spacial score (nSPS) is 5.20. The molecule has 0 atom stereocenters. The summed E-state index contributed by atoms with van der Waals surface area (Å²) in [5.41, 5.74) is 0. The summed E-state index contributed by atoms with van der Waals surface area (Å²) in [4.78, 5) is 8.11. The average Bonchev–Trinajstić information content (AvgIpc) is 0.811. The van der Waals surface area contributed by atoms with Crippen molar-refractivity contribution in [2.24, 2.45) is 0 Å². The zero-order valence-electron chi connectivity index (χ0n) is 3.66. The monoisotopic (exact) mass is 90.0 g/mol. The van der Waals surface area contributed by atoms with Crippen LogP contribution in [0.5, 0.6) is 0 Å². The van der Waals surface area contributed by atoms with Crippen molar-refractivity contribution in [3.63, 3.8) is 0 Å². The molecule has 4 heteroatoms. The van der Waals surface area contributed by atoms with Gasteiger partial charge in [-0.3, -0.25) is 0 Å². The Balaban J connectivity index is -0.0000000450. The Morgan fingerprint density at radius 2 is 1.60 bits per heavy atom. The Hall–Kier alpha value is 0.530. The summed E-state index contributed by atoms with van der Waals surface area (Å²) in [6.07, 6.45) is -2.83. The van der Waals surface area contributed by atoms with Crippen LogP contribution in [0.25, 0.3) is 0 Å². The maximum Gasteiger partial charge on any atom is 1.00 e. The zero-order valence-corrected chi connectivity index (χ0v) is 4.66. The van der Waals surface area contributed by atoms with Gasteiger partial charge in [0.2, 0.25) is 0 Å². The largest absolute Gasteiger partial charge is 1.00 e. The van der Waals surface area contributed by atoms with Gasteiger partial charge in [0, 0.05) is 0 Å². The molecule has 0 fully saturated rings. The molecule has 0 aromatic heterocycles. The Kier molecular flexibility index (Phi) is 8.25. The Labute approximate surface area is 51.1 Å². The van der Waals surface area contributed by atoms with E-state index < -0.39 is 6.29 Å². The smallest absolute Gasteiger partial charge is 1.00 e. The summed E-state index contributed by atoms with van der Waals surface area (Å²) in [5, 5.41) is 0. The van der Waals surface area contributed by atoms with Crippen molar-refractivity contribution in [1.29, 1.82) is 0 Å². The second-order valence-corrected chi connectivity index (χ2v) is 0.226. The average molecular weight is 90.0 g/mol. The van der Waals surface area contributed by atoms with Gasteiger partial charge in [-0.15, -0.1) is 8.78 Å². The Morgan fingerprint density at radius 1 is 1.60 bits per heavy atom. The Bertz CT molecular complexity index is 36.5. The molecule has 0 heterocycles. The summed E-state index contributed by atoms with van der Waals surface area (Å²) in [7, 11) is 0. The van der Waals surface area contributed by atoms with Gasteiger partial charge in [0.1, 0.15) is 0 Å². The van der Waals surface area contributed by atoms with Crippen LogP contribution in [0.15, 0.2) is 0 Å². The second-order valence-electron chi connectivity index (χ2n) is 0.226. The van der Waals surface area contributed by atoms with Crippen LogP contribution in [0, 0.1) is 0 Å². The van der Waals surface area contributed by atoms with Crippen LogP contribution in [0.2, 0.25) is 0 Å². The molecule has 0 aliphatic heterocycles. The van der Waals surface area contributed by atoms with E-state index in [9.17, 15) is 8.78 Å². The third-order valence-electron chi connectivity index (χ3n) is 0. The van der Waals surface area contributed by atoms with Crippen molar-refractivity contribution < 1.29 is 44.6 Å². The molecule has 0 aliphatic rings. The molecule has 0 radical (unpaired) electrons. The number of carbonyl (C=O) groups excluding carboxylic acids is 1. The van der Waals surface area contributed by atoms with Crippen molar-refractivity contribution in [2.75, 3.05) is 0 Å². The fourth-order valence-corrected chi connectivity index (χ4v) is 0. The molecule has 0 spiro atoms. The van der Waals surface area contributed by atoms with Gasteiger partial charge in [-0.1, -0.05) is 0 Å². The molecule has 0 rings (SSSR count). The number of carbonyl (C=O) groups is 1. The van der Waals surface area contributed by atoms with Crippen LogP contribution in [0.4, 0.5) is 13.6 Å². The minimum absolute atomic E-state index is 0. The van der Waals surface area contributed by atoms with Crippen LogP contribution < -0.4 is 29.6 Å². The predicted molar refractivity (Wildman–Crippen MR) is 8.72 cm³/mol. The quantitative estimate of drug-likeness (QED) is 0.252. The van der Waals surface area contributed by atoms with E-state index in [1.165, 1.54) is 0 Å². The van der Waals surface area contributed by atoms with Crippen molar-refractivity contribution in [3.05, 3.63) is 0 Å². The molecule has 0 unspecified atom stereocenters. The first-order chi connectivity index (χ1) is 1.73. The van der Waals surface area contributed by atoms with E-state index in [1.807, 2.05) is 0 Å². The molecular weight excluding hydrogens is 89.0 g/mol. The maximum atomic E-state index is 9.69. The van der Waals surface area contributed by atoms with Crippen LogP contribution in [-0.4, -0.2) is 6.29 Å². The Morgan fingerprint density at radius 3 is 1.60 bits per heavy atom. The fraction of sp³-hybridized carbons (Fsp3) is 0. The number of rotatable bonds is 0. The first kappa shape index (κ1) is 9.11. The molecule has 0 aromatic rings. The van der Waals surface area contributed by atoms with Crippen LogP contribution >= 0.6 is 0 Å². The third kappa shape index (κ3) is 103. The van der Waals surface area contributed by atoms with Gasteiger partial charge >= 0.3 is 35.8 Å². The SMILES string of the molecule is O=C(F)F.[H-].[Na+]. The van der Waals surface area contributed by atoms with Crippen molar-refractivity contribution >= 4 is 6.29 Å². The van der Waals surface area contributed by atoms with Crippen LogP contribution in [0.3, 0.4) is 0 Å². The molecule has 5 heavy (non-hydrogen) atoms. The van der Waals surface area contributed by atoms with Gasteiger partial charge in [-0.2, -0.15) is 0 Å². The number of hydrogen-bond acceptors (Lipinski definition) is 1. The molecule has 0 bridgehead atoms. The van der Waals surface area contributed by atoms with E-state index in [0.717, 1.165) is 0 Å². The molecule has 1 nitrogen and oxygen atoms in total. The second kappa shape index (κ2) is 4.53. The first-order valence-corrected chi connectivity index (χ1v) is 0.582. The first-order valence-electron chi connectivity index (χ1n) is 0.582. The van der Waals surface area contributed by atoms with Gasteiger partial charge in [0.25, 0.3) is 0 Å². The van der Waals surface area contributed by atoms with E-state index in [0.29, 0.717) is 0 Å². The van der Waals surface area contributed by atoms with Gasteiger partial charge in [0.05, 0.1) is 0 Å². The molecule has 0 saturated carbocycles. The van der Waals surface area contributed by atoms with Gasteiger partial charge in [-0.05, 0) is 0 Å². The molecule has 0 aromatic carbocycles. The van der Waals surface area contributed by atoms with Crippen molar-refractivity contribution in [1.82, 2.24) is 0 Å². The van der Waals surface area contributed by atoms with Crippen molar-refractivity contribution in [3.8, 4) is 0 Å². The zero-order chi connectivity index (χ0) is 3.58. The van der Waals surface area contributed by atoms with Crippen LogP contribution in [-0.2, 0) is 0 Å². The minimum Gasteiger partial charge on any atom is -1.00 e. The molecule has 0 N–H and O–H groups in total. The summed E-state index contributed by atoms with van der Waals surface area (Å²) in [6.45, 7) is 0. The molecule has 0 aliphatic carbocycles. The van der Waals surface area contributed by atoms with Crippen molar-refractivity contribution in [2.45, 2.75) is 0 Å². The van der Waals surface area contributed by atoms with E-state index in [4.69, 9.17) is 4.79 Å². The van der Waals surface area contributed by atoms with E-state index >= 15 is 0 Å². The van der Waals surface area contributed by atoms with E-state index in [1.54, 1.807) is 0 Å². The van der Waals surface area contributed by atoms with Gasteiger partial charge < -0.3 is 1.43 Å². The summed E-state index contributed by atoms with van der Waals surface area (Å²) >= 11 is 0. The summed E-state index contributed by atoms with van der Waals surface area (Å²) in [6, 6.07) is 0. The molecular formula is CHF2NaO. The van der Waals surface area contributed by atoms with Crippen LogP contribution in [0.1, 0.15) is 1.43 Å². The molecule has 0 amide bonds. The van der Waals surface area contributed by atoms with Gasteiger partial charge in [0.15, 0.2) is 0 Å². The minimum atomic E-state index is -2.83. The van der Waals surface area contributed by atoms with E-state index in [2.05, 4.69) is 0 Å². The maximum absolute atomic E-state index is 9.69. The fourth-order valence-electron chi connectivity index (χ4n) is 0. The third-order valence-corrected chi connectivity index (χ3v) is 0. The van der Waals surface area contributed by atoms with Gasteiger partial charge in [-0.25, -0.2) is 4.79 Å².